The molecule has 0 fully saturated rings. The van der Waals surface area contributed by atoms with Crippen LogP contribution in [0.4, 0.5) is 4.79 Å². The monoisotopic (exact) mass is 226 g/mol. The molecule has 1 aromatic heterocycles. The van der Waals surface area contributed by atoms with E-state index >= 15 is 0 Å². The van der Waals surface area contributed by atoms with Crippen molar-refractivity contribution in [3.8, 4) is 0 Å². The lowest BCUT2D eigenvalue weighted by Gasteiger charge is -2.24. The van der Waals surface area contributed by atoms with E-state index in [0.29, 0.717) is 13.1 Å². The van der Waals surface area contributed by atoms with Crippen molar-refractivity contribution < 1.29 is 9.53 Å². The van der Waals surface area contributed by atoms with E-state index in [1.54, 1.807) is 18.1 Å². The number of hydrogen-bond donors (Lipinski definition) is 0. The number of nitrogens with zero attached hydrogens (tertiary/aromatic N) is 4. The summed E-state index contributed by atoms with van der Waals surface area (Å²) < 4.78 is 6.88. The predicted molar refractivity (Wildman–Crippen MR) is 58.9 cm³/mol. The Morgan fingerprint density at radius 1 is 1.50 bits per heavy atom. The minimum atomic E-state index is -0.460. The van der Waals surface area contributed by atoms with Crippen LogP contribution in [0.15, 0.2) is 12.7 Å². The largest absolute Gasteiger partial charge is 0.444 e. The Morgan fingerprint density at radius 3 is 2.69 bits per heavy atom. The summed E-state index contributed by atoms with van der Waals surface area (Å²) in [6.45, 7) is 6.68. The van der Waals surface area contributed by atoms with Crippen LogP contribution in [0.1, 0.15) is 20.8 Å². The smallest absolute Gasteiger partial charge is 0.410 e. The molecule has 1 aromatic rings. The highest BCUT2D eigenvalue weighted by Gasteiger charge is 2.19. The van der Waals surface area contributed by atoms with Crippen LogP contribution in [0, 0.1) is 0 Å². The molecule has 0 aromatic carbocycles. The topological polar surface area (TPSA) is 60.2 Å². The Labute approximate surface area is 95.2 Å². The van der Waals surface area contributed by atoms with Gasteiger partial charge in [-0.3, -0.25) is 4.68 Å². The molecular formula is C10H18N4O2. The van der Waals surface area contributed by atoms with Gasteiger partial charge in [0, 0.05) is 13.6 Å². The zero-order valence-electron chi connectivity index (χ0n) is 10.2. The van der Waals surface area contributed by atoms with Crippen LogP contribution in [-0.4, -0.2) is 45.0 Å². The highest BCUT2D eigenvalue weighted by Crippen LogP contribution is 2.08. The number of rotatable bonds is 3. The standard InChI is InChI=1S/C10H18N4O2/c1-10(2,3)16-9(15)13(4)5-6-14-8-11-7-12-14/h7-8H,5-6H2,1-4H3. The summed E-state index contributed by atoms with van der Waals surface area (Å²) in [5.41, 5.74) is -0.460. The molecule has 0 spiro atoms. The minimum absolute atomic E-state index is 0.326. The van der Waals surface area contributed by atoms with Gasteiger partial charge in [0.15, 0.2) is 0 Å². The van der Waals surface area contributed by atoms with Crippen LogP contribution < -0.4 is 0 Å². The number of aromatic nitrogens is 3. The summed E-state index contributed by atoms with van der Waals surface area (Å²) in [5, 5.41) is 3.95. The second-order valence-electron chi connectivity index (χ2n) is 4.56. The quantitative estimate of drug-likeness (QED) is 0.775. The van der Waals surface area contributed by atoms with Gasteiger partial charge >= 0.3 is 6.09 Å². The number of likely N-dealkylation sites (N-methyl/N-ethyl adjacent to an activating group) is 1. The van der Waals surface area contributed by atoms with E-state index < -0.39 is 5.60 Å². The van der Waals surface area contributed by atoms with Crippen LogP contribution >= 0.6 is 0 Å². The van der Waals surface area contributed by atoms with Gasteiger partial charge < -0.3 is 9.64 Å². The van der Waals surface area contributed by atoms with Gasteiger partial charge in [-0.2, -0.15) is 5.10 Å². The van der Waals surface area contributed by atoms with Crippen molar-refractivity contribution in [1.29, 1.82) is 0 Å². The van der Waals surface area contributed by atoms with Crippen molar-refractivity contribution in [2.24, 2.45) is 0 Å². The van der Waals surface area contributed by atoms with E-state index in [9.17, 15) is 4.79 Å². The molecule has 1 rings (SSSR count). The lowest BCUT2D eigenvalue weighted by atomic mass is 10.2. The van der Waals surface area contributed by atoms with Crippen molar-refractivity contribution in [1.82, 2.24) is 19.7 Å². The molecule has 0 aliphatic rings. The number of carbonyl (C=O) groups is 1. The van der Waals surface area contributed by atoms with Crippen LogP contribution in [0.5, 0.6) is 0 Å². The first-order valence-electron chi connectivity index (χ1n) is 5.15. The normalized spacial score (nSPS) is 11.2. The molecular weight excluding hydrogens is 208 g/mol. The van der Waals surface area contributed by atoms with Gasteiger partial charge in [0.1, 0.15) is 18.3 Å². The SMILES string of the molecule is CN(CCn1cncn1)C(=O)OC(C)(C)C. The second-order valence-corrected chi connectivity index (χ2v) is 4.56. The Bertz CT molecular complexity index is 329. The summed E-state index contributed by atoms with van der Waals surface area (Å²) >= 11 is 0. The Kier molecular flexibility index (Phi) is 3.87. The van der Waals surface area contributed by atoms with E-state index in [4.69, 9.17) is 4.74 Å². The van der Waals surface area contributed by atoms with Gasteiger partial charge in [0.2, 0.25) is 0 Å². The third kappa shape index (κ3) is 4.29. The second kappa shape index (κ2) is 4.96. The molecule has 0 aliphatic carbocycles. The summed E-state index contributed by atoms with van der Waals surface area (Å²) in [6.07, 6.45) is 2.75. The zero-order chi connectivity index (χ0) is 12.2. The average molecular weight is 226 g/mol. The molecule has 0 radical (unpaired) electrons. The van der Waals surface area contributed by atoms with E-state index in [0.717, 1.165) is 0 Å². The maximum absolute atomic E-state index is 11.6. The fourth-order valence-electron chi connectivity index (χ4n) is 1.03. The summed E-state index contributed by atoms with van der Waals surface area (Å²) in [5.74, 6) is 0. The first-order chi connectivity index (χ1) is 7.38. The average Bonchev–Trinajstić information content (AvgIpc) is 2.63. The molecule has 0 N–H and O–H groups in total. The number of hydrogen-bond acceptors (Lipinski definition) is 4. The molecule has 0 saturated carbocycles. The van der Waals surface area contributed by atoms with Crippen LogP contribution in [0.2, 0.25) is 0 Å². The third-order valence-corrected chi connectivity index (χ3v) is 1.84. The first kappa shape index (κ1) is 12.5. The molecule has 6 heteroatoms. The summed E-state index contributed by atoms with van der Waals surface area (Å²) in [6, 6.07) is 0. The van der Waals surface area contributed by atoms with Gasteiger partial charge in [0.25, 0.3) is 0 Å². The highest BCUT2D eigenvalue weighted by molar-refractivity contribution is 5.67. The van der Waals surface area contributed by atoms with E-state index in [1.165, 1.54) is 11.2 Å². The molecule has 0 atom stereocenters. The van der Waals surface area contributed by atoms with Gasteiger partial charge in [-0.1, -0.05) is 0 Å². The molecule has 0 saturated heterocycles. The van der Waals surface area contributed by atoms with Crippen molar-refractivity contribution in [3.05, 3.63) is 12.7 Å². The highest BCUT2D eigenvalue weighted by atomic mass is 16.6. The van der Waals surface area contributed by atoms with Crippen molar-refractivity contribution >= 4 is 6.09 Å². The van der Waals surface area contributed by atoms with E-state index in [2.05, 4.69) is 10.1 Å². The Balaban J connectivity index is 2.35. The van der Waals surface area contributed by atoms with E-state index in [1.807, 2.05) is 20.8 Å². The lowest BCUT2D eigenvalue weighted by Crippen LogP contribution is -2.36. The lowest BCUT2D eigenvalue weighted by molar-refractivity contribution is 0.0292. The predicted octanol–water partition coefficient (Wildman–Crippen LogP) is 1.14. The number of carbonyl (C=O) groups excluding carboxylic acids is 1. The molecule has 1 heterocycles. The Morgan fingerprint density at radius 2 is 2.19 bits per heavy atom. The maximum Gasteiger partial charge on any atom is 0.410 e. The van der Waals surface area contributed by atoms with Gasteiger partial charge in [-0.05, 0) is 20.8 Å². The first-order valence-corrected chi connectivity index (χ1v) is 5.15. The van der Waals surface area contributed by atoms with E-state index in [-0.39, 0.29) is 6.09 Å². The minimum Gasteiger partial charge on any atom is -0.444 e. The van der Waals surface area contributed by atoms with Crippen molar-refractivity contribution in [3.63, 3.8) is 0 Å². The van der Waals surface area contributed by atoms with Crippen LogP contribution in [0.3, 0.4) is 0 Å². The zero-order valence-corrected chi connectivity index (χ0v) is 10.2. The van der Waals surface area contributed by atoms with Gasteiger partial charge in [-0.15, -0.1) is 0 Å². The molecule has 0 bridgehead atoms. The fourth-order valence-corrected chi connectivity index (χ4v) is 1.03. The molecule has 0 unspecified atom stereocenters. The molecule has 1 amide bonds. The molecule has 6 nitrogen and oxygen atoms in total. The van der Waals surface area contributed by atoms with Crippen molar-refractivity contribution in [2.75, 3.05) is 13.6 Å². The molecule has 16 heavy (non-hydrogen) atoms. The summed E-state index contributed by atoms with van der Waals surface area (Å²) in [7, 11) is 1.70. The number of amides is 1. The number of ether oxygens (including phenoxy) is 1. The summed E-state index contributed by atoms with van der Waals surface area (Å²) in [4.78, 5) is 16.9. The fraction of sp³-hybridized carbons (Fsp3) is 0.700. The van der Waals surface area contributed by atoms with Gasteiger partial charge in [0.05, 0.1) is 6.54 Å². The van der Waals surface area contributed by atoms with Crippen LogP contribution in [-0.2, 0) is 11.3 Å². The van der Waals surface area contributed by atoms with Gasteiger partial charge in [-0.25, -0.2) is 9.78 Å². The van der Waals surface area contributed by atoms with Crippen molar-refractivity contribution in [2.45, 2.75) is 32.9 Å². The maximum atomic E-state index is 11.6. The Hall–Kier alpha value is -1.59. The molecule has 90 valence electrons. The third-order valence-electron chi connectivity index (χ3n) is 1.84. The molecule has 0 aliphatic heterocycles. The van der Waals surface area contributed by atoms with Crippen LogP contribution in [0.25, 0.3) is 0 Å².